The average molecular weight is 461 g/mol. The van der Waals surface area contributed by atoms with E-state index >= 15 is 0 Å². The third-order valence-corrected chi connectivity index (χ3v) is 5.67. The van der Waals surface area contributed by atoms with Gasteiger partial charge >= 0.3 is 0 Å². The highest BCUT2D eigenvalue weighted by atomic mass is 79.9. The van der Waals surface area contributed by atoms with Gasteiger partial charge in [0, 0.05) is 31.6 Å². The molecule has 0 saturated carbocycles. The standard InChI is InChI=1S/C24H15BrClN3/c25-18-10-5-17(6-11-18)24-27-23-20-4-2-1-3-15(20)9-14-21(23)22(28-29-24)16-7-12-19(26)13-8-16/h1-14H,(H,27,29). The first-order chi connectivity index (χ1) is 14.2. The van der Waals surface area contributed by atoms with Gasteiger partial charge in [-0.3, -0.25) is 5.43 Å². The normalized spacial score (nSPS) is 13.2. The number of hydrogen-bond acceptors (Lipinski definition) is 3. The van der Waals surface area contributed by atoms with E-state index < -0.39 is 0 Å². The predicted molar refractivity (Wildman–Crippen MR) is 125 cm³/mol. The van der Waals surface area contributed by atoms with Crippen molar-refractivity contribution in [2.75, 3.05) is 0 Å². The molecule has 4 aromatic carbocycles. The summed E-state index contributed by atoms with van der Waals surface area (Å²) in [5.74, 6) is 0.707. The van der Waals surface area contributed by atoms with Crippen molar-refractivity contribution in [3.63, 3.8) is 0 Å². The van der Waals surface area contributed by atoms with Crippen molar-refractivity contribution >= 4 is 55.5 Å². The van der Waals surface area contributed by atoms with E-state index in [1.807, 2.05) is 60.7 Å². The number of nitrogens with one attached hydrogen (secondary N) is 1. The molecule has 29 heavy (non-hydrogen) atoms. The summed E-state index contributed by atoms with van der Waals surface area (Å²) in [5.41, 5.74) is 7.84. The summed E-state index contributed by atoms with van der Waals surface area (Å²) in [6, 6.07) is 28.2. The zero-order valence-corrected chi connectivity index (χ0v) is 17.6. The lowest BCUT2D eigenvalue weighted by Crippen LogP contribution is -2.19. The highest BCUT2D eigenvalue weighted by molar-refractivity contribution is 9.10. The van der Waals surface area contributed by atoms with Crippen molar-refractivity contribution in [1.29, 1.82) is 0 Å². The zero-order valence-electron chi connectivity index (χ0n) is 15.2. The fourth-order valence-corrected chi connectivity index (χ4v) is 3.83. The number of hydrazone groups is 1. The van der Waals surface area contributed by atoms with Crippen molar-refractivity contribution < 1.29 is 0 Å². The van der Waals surface area contributed by atoms with Gasteiger partial charge in [0.05, 0.1) is 11.4 Å². The Morgan fingerprint density at radius 1 is 0.759 bits per heavy atom. The lowest BCUT2D eigenvalue weighted by atomic mass is 9.97. The first kappa shape index (κ1) is 18.1. The minimum absolute atomic E-state index is 0.696. The van der Waals surface area contributed by atoms with E-state index in [1.54, 1.807) is 0 Å². The van der Waals surface area contributed by atoms with E-state index in [4.69, 9.17) is 21.7 Å². The van der Waals surface area contributed by atoms with E-state index in [2.05, 4.69) is 45.6 Å². The lowest BCUT2D eigenvalue weighted by molar-refractivity contribution is 1.03. The Hall–Kier alpha value is -2.95. The first-order valence-electron chi connectivity index (χ1n) is 9.15. The highest BCUT2D eigenvalue weighted by Crippen LogP contribution is 2.34. The minimum Gasteiger partial charge on any atom is -0.260 e. The molecule has 0 unspecified atom stereocenters. The number of benzene rings is 4. The molecule has 0 radical (unpaired) electrons. The van der Waals surface area contributed by atoms with Gasteiger partial charge in [-0.1, -0.05) is 82.1 Å². The number of hydrogen-bond donors (Lipinski definition) is 1. The largest absolute Gasteiger partial charge is 0.260 e. The summed E-state index contributed by atoms with van der Waals surface area (Å²) in [7, 11) is 0. The summed E-state index contributed by atoms with van der Waals surface area (Å²) < 4.78 is 1.02. The lowest BCUT2D eigenvalue weighted by Gasteiger charge is -2.10. The molecule has 0 aromatic heterocycles. The van der Waals surface area contributed by atoms with Crippen LogP contribution in [0.5, 0.6) is 0 Å². The molecule has 0 amide bonds. The van der Waals surface area contributed by atoms with Crippen LogP contribution in [-0.2, 0) is 0 Å². The molecule has 0 saturated heterocycles. The van der Waals surface area contributed by atoms with Gasteiger partial charge in [-0.2, -0.15) is 5.10 Å². The van der Waals surface area contributed by atoms with Gasteiger partial charge in [0.25, 0.3) is 0 Å². The number of rotatable bonds is 2. The SMILES string of the molecule is Clc1ccc(C2=NNC(c3ccc(Br)cc3)=Nc3c2ccc2ccccc32)cc1. The Morgan fingerprint density at radius 3 is 2.28 bits per heavy atom. The van der Waals surface area contributed by atoms with Crippen LogP contribution in [0.25, 0.3) is 10.8 Å². The number of fused-ring (bicyclic) bond motifs is 3. The van der Waals surface area contributed by atoms with E-state index in [-0.39, 0.29) is 0 Å². The van der Waals surface area contributed by atoms with Gasteiger partial charge in [-0.05, 0) is 35.7 Å². The summed E-state index contributed by atoms with van der Waals surface area (Å²) >= 11 is 9.59. The second-order valence-electron chi connectivity index (χ2n) is 6.73. The number of amidine groups is 1. The molecule has 0 atom stereocenters. The van der Waals surface area contributed by atoms with Crippen molar-refractivity contribution in [1.82, 2.24) is 5.43 Å². The van der Waals surface area contributed by atoms with Crippen LogP contribution in [0.4, 0.5) is 5.69 Å². The number of halogens is 2. The van der Waals surface area contributed by atoms with E-state index in [1.165, 1.54) is 0 Å². The topological polar surface area (TPSA) is 36.8 Å². The van der Waals surface area contributed by atoms with Gasteiger partial charge in [-0.15, -0.1) is 0 Å². The molecule has 1 N–H and O–H groups in total. The summed E-state index contributed by atoms with van der Waals surface area (Å²) in [4.78, 5) is 5.01. The number of nitrogens with zero attached hydrogens (tertiary/aromatic N) is 2. The van der Waals surface area contributed by atoms with Crippen LogP contribution in [0.1, 0.15) is 16.7 Å². The molecule has 3 nitrogen and oxygen atoms in total. The second kappa shape index (κ2) is 7.47. The monoisotopic (exact) mass is 459 g/mol. The quantitative estimate of drug-likeness (QED) is 0.355. The molecule has 0 spiro atoms. The van der Waals surface area contributed by atoms with Crippen LogP contribution in [0.2, 0.25) is 5.02 Å². The molecule has 0 bridgehead atoms. The highest BCUT2D eigenvalue weighted by Gasteiger charge is 2.19. The Balaban J connectivity index is 1.76. The molecule has 4 aromatic rings. The Labute approximate surface area is 181 Å². The van der Waals surface area contributed by atoms with E-state index in [9.17, 15) is 0 Å². The van der Waals surface area contributed by atoms with E-state index in [0.29, 0.717) is 10.9 Å². The Bertz CT molecular complexity index is 1280. The minimum atomic E-state index is 0.696. The summed E-state index contributed by atoms with van der Waals surface area (Å²) in [6.45, 7) is 0. The smallest absolute Gasteiger partial charge is 0.154 e. The summed E-state index contributed by atoms with van der Waals surface area (Å²) in [5, 5.41) is 7.66. The third kappa shape index (κ3) is 3.46. The van der Waals surface area contributed by atoms with Gasteiger partial charge in [0.2, 0.25) is 0 Å². The van der Waals surface area contributed by atoms with Gasteiger partial charge in [0.1, 0.15) is 0 Å². The van der Waals surface area contributed by atoms with Gasteiger partial charge < -0.3 is 0 Å². The van der Waals surface area contributed by atoms with Crippen LogP contribution in [0, 0.1) is 0 Å². The fourth-order valence-electron chi connectivity index (χ4n) is 3.44. The average Bonchev–Trinajstić information content (AvgIpc) is 2.95. The van der Waals surface area contributed by atoms with Crippen LogP contribution < -0.4 is 5.43 Å². The molecule has 1 aliphatic heterocycles. The molecule has 5 rings (SSSR count). The van der Waals surface area contributed by atoms with E-state index in [0.717, 1.165) is 43.3 Å². The molecule has 0 fully saturated rings. The van der Waals surface area contributed by atoms with Crippen LogP contribution in [0.15, 0.2) is 99.5 Å². The maximum atomic E-state index is 6.10. The Morgan fingerprint density at radius 2 is 1.48 bits per heavy atom. The Kier molecular flexibility index (Phi) is 4.66. The van der Waals surface area contributed by atoms with Gasteiger partial charge in [-0.25, -0.2) is 4.99 Å². The predicted octanol–water partition coefficient (Wildman–Crippen LogP) is 6.69. The molecular formula is C24H15BrClN3. The zero-order chi connectivity index (χ0) is 19.8. The molecule has 1 heterocycles. The van der Waals surface area contributed by atoms with Crippen LogP contribution in [-0.4, -0.2) is 11.5 Å². The molecular weight excluding hydrogens is 446 g/mol. The molecule has 5 heteroatoms. The second-order valence-corrected chi connectivity index (χ2v) is 8.08. The van der Waals surface area contributed by atoms with Crippen molar-refractivity contribution in [2.45, 2.75) is 0 Å². The van der Waals surface area contributed by atoms with Crippen LogP contribution in [0.3, 0.4) is 0 Å². The molecule has 140 valence electrons. The van der Waals surface area contributed by atoms with Gasteiger partial charge in [0.15, 0.2) is 5.84 Å². The van der Waals surface area contributed by atoms with Crippen molar-refractivity contribution in [3.05, 3.63) is 111 Å². The van der Waals surface area contributed by atoms with Crippen molar-refractivity contribution in [2.24, 2.45) is 10.1 Å². The first-order valence-corrected chi connectivity index (χ1v) is 10.3. The number of aliphatic imine (C=N–C) groups is 1. The molecule has 1 aliphatic rings. The molecule has 0 aliphatic carbocycles. The maximum Gasteiger partial charge on any atom is 0.154 e. The fraction of sp³-hybridized carbons (Fsp3) is 0. The van der Waals surface area contributed by atoms with Crippen LogP contribution >= 0.6 is 27.5 Å². The third-order valence-electron chi connectivity index (χ3n) is 4.89. The van der Waals surface area contributed by atoms with Crippen molar-refractivity contribution in [3.8, 4) is 0 Å². The maximum absolute atomic E-state index is 6.10. The summed E-state index contributed by atoms with van der Waals surface area (Å²) in [6.07, 6.45) is 0.